The molecule has 0 fully saturated rings. The number of hydrogen-bond acceptors (Lipinski definition) is 2. The van der Waals surface area contributed by atoms with Gasteiger partial charge in [-0.15, -0.1) is 0 Å². The summed E-state index contributed by atoms with van der Waals surface area (Å²) in [6, 6.07) is 8.74. The Morgan fingerprint density at radius 1 is 1.21 bits per heavy atom. The minimum Gasteiger partial charge on any atom is -0.478 e. The van der Waals surface area contributed by atoms with Gasteiger partial charge in [0.25, 0.3) is 0 Å². The first-order chi connectivity index (χ1) is 6.29. The maximum atomic E-state index is 10.8. The molecule has 4 heteroatoms. The molecule has 0 atom stereocenters. The number of hydrogen-bond donors (Lipinski definition) is 1. The van der Waals surface area contributed by atoms with Crippen LogP contribution in [0.15, 0.2) is 36.5 Å². The maximum absolute atomic E-state index is 10.8. The molecule has 0 unspecified atom stereocenters. The minimum absolute atomic E-state index is 0. The molecule has 1 aromatic carbocycles. The number of aromatic carboxylic acids is 1. The number of para-hydroxylation sites is 1. The van der Waals surface area contributed by atoms with Crippen LogP contribution in [0.5, 0.6) is 0 Å². The van der Waals surface area contributed by atoms with Crippen LogP contribution in [0.2, 0.25) is 0 Å². The molecule has 1 heterocycles. The Morgan fingerprint density at radius 2 is 1.93 bits per heavy atom. The molecule has 0 spiro atoms. The summed E-state index contributed by atoms with van der Waals surface area (Å²) < 4.78 is 0. The fourth-order valence-corrected chi connectivity index (χ4v) is 1.28. The van der Waals surface area contributed by atoms with E-state index in [-0.39, 0.29) is 31.4 Å². The van der Waals surface area contributed by atoms with Crippen molar-refractivity contribution in [3.8, 4) is 0 Å². The van der Waals surface area contributed by atoms with Crippen LogP contribution in [-0.2, 0) is 0 Å². The van der Waals surface area contributed by atoms with Gasteiger partial charge in [0.05, 0.1) is 11.1 Å². The molecule has 0 saturated carbocycles. The van der Waals surface area contributed by atoms with Crippen molar-refractivity contribution in [1.82, 2.24) is 4.98 Å². The number of fused-ring (bicyclic) bond motifs is 1. The molecular formula is C10H7InNO2. The second-order valence-electron chi connectivity index (χ2n) is 2.69. The van der Waals surface area contributed by atoms with Gasteiger partial charge in [-0.05, 0) is 12.1 Å². The summed E-state index contributed by atoms with van der Waals surface area (Å²) in [4.78, 5) is 14.8. The molecule has 67 valence electrons. The van der Waals surface area contributed by atoms with Crippen LogP contribution in [0.4, 0.5) is 0 Å². The Hall–Kier alpha value is -1.03. The zero-order chi connectivity index (χ0) is 9.26. The van der Waals surface area contributed by atoms with E-state index in [1.807, 2.05) is 12.1 Å². The Balaban J connectivity index is 0.000000980. The van der Waals surface area contributed by atoms with Crippen LogP contribution in [0.25, 0.3) is 10.9 Å². The quantitative estimate of drug-likeness (QED) is 0.866. The average molecular weight is 288 g/mol. The van der Waals surface area contributed by atoms with Crippen molar-refractivity contribution in [2.75, 3.05) is 0 Å². The summed E-state index contributed by atoms with van der Waals surface area (Å²) in [5.41, 5.74) is 0.788. The van der Waals surface area contributed by atoms with E-state index in [4.69, 9.17) is 5.11 Å². The van der Waals surface area contributed by atoms with Gasteiger partial charge in [-0.1, -0.05) is 18.2 Å². The monoisotopic (exact) mass is 288 g/mol. The van der Waals surface area contributed by atoms with Gasteiger partial charge in [0, 0.05) is 37.4 Å². The molecule has 3 nitrogen and oxygen atoms in total. The Labute approximate surface area is 99.6 Å². The van der Waals surface area contributed by atoms with E-state index in [1.165, 1.54) is 0 Å². The number of aromatic nitrogens is 1. The van der Waals surface area contributed by atoms with Crippen molar-refractivity contribution in [3.05, 3.63) is 42.1 Å². The molecule has 1 N–H and O–H groups in total. The molecule has 3 radical (unpaired) electrons. The van der Waals surface area contributed by atoms with Crippen LogP contribution in [0.3, 0.4) is 0 Å². The third-order valence-electron chi connectivity index (χ3n) is 1.86. The zero-order valence-corrected chi connectivity index (χ0v) is 10.6. The first-order valence-corrected chi connectivity index (χ1v) is 3.86. The summed E-state index contributed by atoms with van der Waals surface area (Å²) in [5, 5.41) is 9.69. The van der Waals surface area contributed by atoms with Gasteiger partial charge in [-0.3, -0.25) is 4.98 Å². The largest absolute Gasteiger partial charge is 0.478 e. The van der Waals surface area contributed by atoms with Gasteiger partial charge < -0.3 is 5.11 Å². The van der Waals surface area contributed by atoms with Crippen molar-refractivity contribution >= 4 is 42.7 Å². The van der Waals surface area contributed by atoms with Crippen LogP contribution in [-0.4, -0.2) is 41.9 Å². The number of benzene rings is 1. The Morgan fingerprint density at radius 3 is 2.64 bits per heavy atom. The molecule has 0 aliphatic rings. The van der Waals surface area contributed by atoms with E-state index in [2.05, 4.69) is 4.98 Å². The van der Waals surface area contributed by atoms with E-state index in [0.29, 0.717) is 5.52 Å². The standard InChI is InChI=1S/C10H7NO2.In/c12-10(13)8-5-1-3-7-4-2-6-11-9(7)8;/h1-6H,(H,12,13);. The summed E-state index contributed by atoms with van der Waals surface area (Å²) in [6.45, 7) is 0. The van der Waals surface area contributed by atoms with Gasteiger partial charge in [0.1, 0.15) is 0 Å². The fourth-order valence-electron chi connectivity index (χ4n) is 1.28. The predicted octanol–water partition coefficient (Wildman–Crippen LogP) is 1.55. The van der Waals surface area contributed by atoms with Crippen LogP contribution >= 0.6 is 0 Å². The fraction of sp³-hybridized carbons (Fsp3) is 0. The summed E-state index contributed by atoms with van der Waals surface area (Å²) in [7, 11) is 0. The smallest absolute Gasteiger partial charge is 0.337 e. The number of pyridine rings is 1. The molecular weight excluding hydrogens is 281 g/mol. The average Bonchev–Trinajstić information content (AvgIpc) is 2.17. The van der Waals surface area contributed by atoms with Crippen molar-refractivity contribution < 1.29 is 9.90 Å². The van der Waals surface area contributed by atoms with Crippen molar-refractivity contribution in [2.24, 2.45) is 0 Å². The first kappa shape index (κ1) is 11.0. The van der Waals surface area contributed by atoms with E-state index < -0.39 is 5.97 Å². The molecule has 0 aliphatic carbocycles. The molecule has 0 aliphatic heterocycles. The molecule has 1 aromatic heterocycles. The molecule has 14 heavy (non-hydrogen) atoms. The normalized spacial score (nSPS) is 9.43. The summed E-state index contributed by atoms with van der Waals surface area (Å²) in [6.07, 6.45) is 1.59. The van der Waals surface area contributed by atoms with E-state index in [9.17, 15) is 4.79 Å². The van der Waals surface area contributed by atoms with Gasteiger partial charge in [-0.2, -0.15) is 0 Å². The van der Waals surface area contributed by atoms with Crippen LogP contribution in [0.1, 0.15) is 10.4 Å². The van der Waals surface area contributed by atoms with Gasteiger partial charge in [-0.25, -0.2) is 4.79 Å². The first-order valence-electron chi connectivity index (χ1n) is 3.86. The third kappa shape index (κ3) is 1.90. The van der Waals surface area contributed by atoms with E-state index in [0.717, 1.165) is 5.39 Å². The Kier molecular flexibility index (Phi) is 3.52. The van der Waals surface area contributed by atoms with E-state index >= 15 is 0 Å². The second-order valence-corrected chi connectivity index (χ2v) is 2.69. The maximum Gasteiger partial charge on any atom is 0.337 e. The zero-order valence-electron chi connectivity index (χ0n) is 7.34. The number of nitrogens with zero attached hydrogens (tertiary/aromatic N) is 1. The molecule has 2 rings (SSSR count). The third-order valence-corrected chi connectivity index (χ3v) is 1.86. The number of carboxylic acid groups (broad SMARTS) is 1. The number of carbonyl (C=O) groups is 1. The summed E-state index contributed by atoms with van der Waals surface area (Å²) >= 11 is 0. The molecule has 2 aromatic rings. The number of rotatable bonds is 1. The molecule has 0 amide bonds. The predicted molar refractivity (Wildman–Crippen MR) is 54.5 cm³/mol. The van der Waals surface area contributed by atoms with Crippen molar-refractivity contribution in [2.45, 2.75) is 0 Å². The van der Waals surface area contributed by atoms with Gasteiger partial charge >= 0.3 is 5.97 Å². The van der Waals surface area contributed by atoms with Crippen molar-refractivity contribution in [1.29, 1.82) is 0 Å². The summed E-state index contributed by atoms with van der Waals surface area (Å²) in [5.74, 6) is -0.940. The molecule has 0 bridgehead atoms. The van der Waals surface area contributed by atoms with Crippen molar-refractivity contribution in [3.63, 3.8) is 0 Å². The van der Waals surface area contributed by atoms with E-state index in [1.54, 1.807) is 24.4 Å². The van der Waals surface area contributed by atoms with Gasteiger partial charge in [0.2, 0.25) is 0 Å². The second kappa shape index (κ2) is 4.46. The molecule has 0 saturated heterocycles. The topological polar surface area (TPSA) is 50.2 Å². The van der Waals surface area contributed by atoms with Crippen LogP contribution in [0, 0.1) is 0 Å². The van der Waals surface area contributed by atoms with Crippen LogP contribution < -0.4 is 0 Å². The number of carboxylic acids is 1. The Bertz CT molecular complexity index is 465. The minimum atomic E-state index is -0.940. The van der Waals surface area contributed by atoms with Gasteiger partial charge in [0.15, 0.2) is 0 Å². The SMILES string of the molecule is O=C(O)c1cccc2cccnc12.[In].